The molecule has 8 nitrogen and oxygen atoms in total. The third-order valence-corrected chi connectivity index (χ3v) is 7.80. The number of hydrogen-bond acceptors (Lipinski definition) is 7. The lowest BCUT2D eigenvalue weighted by Crippen LogP contribution is -2.49. The molecule has 4 rings (SSSR count). The Morgan fingerprint density at radius 3 is 2.64 bits per heavy atom. The fourth-order valence-corrected chi connectivity index (χ4v) is 6.00. The quantitative estimate of drug-likeness (QED) is 0.482. The number of methoxy groups -OCH3 is 1. The van der Waals surface area contributed by atoms with Crippen LogP contribution in [-0.4, -0.2) is 37.6 Å². The van der Waals surface area contributed by atoms with Crippen LogP contribution in [0.2, 0.25) is 0 Å². The third kappa shape index (κ3) is 3.69. The third-order valence-electron chi connectivity index (χ3n) is 5.79. The highest BCUT2D eigenvalue weighted by Crippen LogP contribution is 2.63. The molecule has 3 atom stereocenters. The molecule has 1 aliphatic rings. The number of carboxylic acid groups (broad SMARTS) is 1. The van der Waals surface area contributed by atoms with Gasteiger partial charge in [-0.3, -0.25) is 8.51 Å². The molecule has 176 valence electrons. The van der Waals surface area contributed by atoms with E-state index in [9.17, 15) is 31.8 Å². The zero-order valence-electron chi connectivity index (χ0n) is 17.1. The lowest BCUT2D eigenvalue weighted by molar-refractivity contribution is -0.155. The summed E-state index contributed by atoms with van der Waals surface area (Å²) in [5, 5.41) is 13.5. The predicted molar refractivity (Wildman–Crippen MR) is 112 cm³/mol. The maximum atomic E-state index is 12.8. The summed E-state index contributed by atoms with van der Waals surface area (Å²) in [6, 6.07) is 10.1. The minimum absolute atomic E-state index is 0.0175. The zero-order valence-corrected chi connectivity index (χ0v) is 18.7. The van der Waals surface area contributed by atoms with Crippen molar-refractivity contribution in [3.05, 3.63) is 53.8 Å². The van der Waals surface area contributed by atoms with E-state index in [0.29, 0.717) is 17.4 Å². The summed E-state index contributed by atoms with van der Waals surface area (Å²) in [7, 11) is 1.46. The smallest absolute Gasteiger partial charge is 0.452 e. The van der Waals surface area contributed by atoms with E-state index in [4.69, 9.17) is 4.74 Å². The Hall–Kier alpha value is -2.90. The molecule has 1 saturated carbocycles. The van der Waals surface area contributed by atoms with Crippen molar-refractivity contribution in [2.45, 2.75) is 30.5 Å². The normalized spacial score (nSPS) is 23.2. The first-order valence-corrected chi connectivity index (χ1v) is 11.2. The molecule has 0 aliphatic heterocycles. The Bertz CT molecular complexity index is 1240. The number of ether oxygens (including phenoxy) is 1. The summed E-state index contributed by atoms with van der Waals surface area (Å²) in [5.41, 5.74) is -2.50. The molecule has 3 aromatic rings. The molecule has 1 fully saturated rings. The van der Waals surface area contributed by atoms with Crippen LogP contribution in [-0.2, 0) is 27.7 Å². The van der Waals surface area contributed by atoms with Crippen LogP contribution in [0.5, 0.6) is 5.75 Å². The van der Waals surface area contributed by atoms with Gasteiger partial charge in [0, 0.05) is 22.7 Å². The number of nitrogens with zero attached hydrogens (tertiary/aromatic N) is 2. The van der Waals surface area contributed by atoms with Crippen molar-refractivity contribution in [2.24, 2.45) is 0 Å². The van der Waals surface area contributed by atoms with Gasteiger partial charge in [-0.2, -0.15) is 13.2 Å². The van der Waals surface area contributed by atoms with Gasteiger partial charge in [-0.25, -0.2) is 4.79 Å². The van der Waals surface area contributed by atoms with Crippen LogP contribution in [0.4, 0.5) is 18.2 Å². The first-order valence-electron chi connectivity index (χ1n) is 9.36. The van der Waals surface area contributed by atoms with Crippen molar-refractivity contribution in [2.75, 3.05) is 11.4 Å². The Morgan fingerprint density at radius 2 is 2.06 bits per heavy atom. The fraction of sp³-hybridized carbons (Fsp3) is 0.300. The van der Waals surface area contributed by atoms with Gasteiger partial charge < -0.3 is 18.9 Å². The number of benzene rings is 1. The number of rotatable bonds is 7. The summed E-state index contributed by atoms with van der Waals surface area (Å²) >= 11 is -2.21. The number of carboxylic acids is 1. The molecule has 1 aromatic carbocycles. The molecule has 13 heteroatoms. The van der Waals surface area contributed by atoms with Gasteiger partial charge in [0.15, 0.2) is 5.54 Å². The topological polar surface area (TPSA) is 116 Å². The maximum absolute atomic E-state index is 12.8. The summed E-state index contributed by atoms with van der Waals surface area (Å²) in [4.78, 5) is 12.6. The van der Waals surface area contributed by atoms with E-state index in [1.54, 1.807) is 31.2 Å². The summed E-state index contributed by atoms with van der Waals surface area (Å²) in [6.07, 6.45) is -4.75. The number of aliphatic carboxylic acids is 1. The van der Waals surface area contributed by atoms with Crippen LogP contribution < -0.4 is 9.04 Å². The van der Waals surface area contributed by atoms with Crippen LogP contribution in [0.15, 0.2) is 47.0 Å². The molecule has 0 spiro atoms. The number of halogens is 3. The molecule has 0 radical (unpaired) electrons. The number of anilines is 1. The van der Waals surface area contributed by atoms with E-state index in [-0.39, 0.29) is 22.0 Å². The second-order valence-electron chi connectivity index (χ2n) is 7.63. The Balaban J connectivity index is 1.75. The lowest BCUT2D eigenvalue weighted by Gasteiger charge is -2.34. The van der Waals surface area contributed by atoms with Gasteiger partial charge in [-0.1, -0.05) is 24.2 Å². The largest absolute Gasteiger partial charge is 0.755 e. The van der Waals surface area contributed by atoms with Crippen LogP contribution in [0, 0.1) is 0 Å². The number of aromatic nitrogens is 1. The van der Waals surface area contributed by atoms with Gasteiger partial charge in [0.1, 0.15) is 16.4 Å². The summed E-state index contributed by atoms with van der Waals surface area (Å²) in [6.45, 7) is 1.64. The van der Waals surface area contributed by atoms with Crippen LogP contribution in [0.1, 0.15) is 24.7 Å². The van der Waals surface area contributed by atoms with Gasteiger partial charge in [0.25, 0.3) is 0 Å². The fourth-order valence-electron chi connectivity index (χ4n) is 3.96. The van der Waals surface area contributed by atoms with Gasteiger partial charge in [0.2, 0.25) is 5.76 Å². The molecular formula is C20H16F3N2O6S2-. The molecule has 3 unspecified atom stereocenters. The van der Waals surface area contributed by atoms with Crippen LogP contribution in [0.3, 0.4) is 0 Å². The standard InChI is InChI=1S/C20H17F3N2O6S2/c1-18(11-4-3-5-12(8-11)30-2)10-19(18,17(26)27)25(33(28)29)16-7-6-14(32-16)13-9-15(31-24-13)20(21,22)23/h3-9H,10H2,1-2H3,(H,26,27)(H,28,29)/p-1. The lowest BCUT2D eigenvalue weighted by atomic mass is 9.92. The SMILES string of the molecule is COc1cccc(C2(C)CC2(C(=O)O)N(c2ccc(-c3cc(C(F)(F)F)on3)s2)S(=O)[O-])c1. The average molecular weight is 501 g/mol. The van der Waals surface area contributed by atoms with Crippen LogP contribution in [0.25, 0.3) is 10.6 Å². The van der Waals surface area contributed by atoms with E-state index in [1.165, 1.54) is 19.2 Å². The van der Waals surface area contributed by atoms with E-state index >= 15 is 0 Å². The Kier molecular flexibility index (Phi) is 5.53. The monoisotopic (exact) mass is 501 g/mol. The molecule has 0 saturated heterocycles. The second kappa shape index (κ2) is 7.85. The second-order valence-corrected chi connectivity index (χ2v) is 9.49. The van der Waals surface area contributed by atoms with E-state index < -0.39 is 40.1 Å². The first kappa shape index (κ1) is 23.3. The maximum Gasteiger partial charge on any atom is 0.452 e. The molecule has 1 N–H and O–H groups in total. The highest BCUT2D eigenvalue weighted by Gasteiger charge is 2.74. The van der Waals surface area contributed by atoms with Crippen LogP contribution >= 0.6 is 11.3 Å². The van der Waals surface area contributed by atoms with Crippen molar-refractivity contribution >= 4 is 33.6 Å². The number of carbonyl (C=O) groups is 1. The van der Waals surface area contributed by atoms with E-state index in [2.05, 4.69) is 9.68 Å². The molecule has 0 bridgehead atoms. The molecule has 2 aromatic heterocycles. The van der Waals surface area contributed by atoms with Gasteiger partial charge in [0.05, 0.1) is 12.0 Å². The first-order chi connectivity index (χ1) is 15.4. The van der Waals surface area contributed by atoms with Crippen molar-refractivity contribution < 1.29 is 41.1 Å². The van der Waals surface area contributed by atoms with E-state index in [0.717, 1.165) is 15.6 Å². The average Bonchev–Trinajstić information content (AvgIpc) is 3.13. The minimum atomic E-state index is -4.73. The zero-order chi connectivity index (χ0) is 24.2. The Labute approximate surface area is 192 Å². The minimum Gasteiger partial charge on any atom is -0.755 e. The number of hydrogen-bond donors (Lipinski definition) is 1. The summed E-state index contributed by atoms with van der Waals surface area (Å²) < 4.78 is 73.3. The molecule has 33 heavy (non-hydrogen) atoms. The summed E-state index contributed by atoms with van der Waals surface area (Å²) in [5.74, 6) is -2.17. The molecule has 2 heterocycles. The van der Waals surface area contributed by atoms with Crippen molar-refractivity contribution in [3.63, 3.8) is 0 Å². The van der Waals surface area contributed by atoms with Gasteiger partial charge in [-0.05, 0) is 36.2 Å². The van der Waals surface area contributed by atoms with Gasteiger partial charge >= 0.3 is 12.1 Å². The number of alkyl halides is 3. The van der Waals surface area contributed by atoms with Crippen molar-refractivity contribution in [1.29, 1.82) is 0 Å². The van der Waals surface area contributed by atoms with E-state index in [1.807, 2.05) is 0 Å². The van der Waals surface area contributed by atoms with Crippen molar-refractivity contribution in [1.82, 2.24) is 5.16 Å². The van der Waals surface area contributed by atoms with Crippen molar-refractivity contribution in [3.8, 4) is 16.3 Å². The highest BCUT2D eigenvalue weighted by atomic mass is 32.2. The molecule has 1 aliphatic carbocycles. The highest BCUT2D eigenvalue weighted by molar-refractivity contribution is 7.81. The number of thiophene rings is 1. The van der Waals surface area contributed by atoms with Gasteiger partial charge in [-0.15, -0.1) is 11.3 Å². The molecular weight excluding hydrogens is 485 g/mol. The molecule has 0 amide bonds. The Morgan fingerprint density at radius 1 is 1.33 bits per heavy atom. The predicted octanol–water partition coefficient (Wildman–Crippen LogP) is 4.22.